The van der Waals surface area contributed by atoms with Crippen LogP contribution in [0.2, 0.25) is 0 Å². The number of imidazole rings is 1. The molecule has 1 heterocycles. The summed E-state index contributed by atoms with van der Waals surface area (Å²) in [4.78, 5) is 6.70. The van der Waals surface area contributed by atoms with Gasteiger partial charge >= 0.3 is 6.18 Å². The Bertz CT molecular complexity index is 269. The molecule has 1 aromatic heterocycles. The van der Waals surface area contributed by atoms with Crippen LogP contribution >= 0.6 is 0 Å². The number of nitrogens with zero attached hydrogens (tertiary/aromatic N) is 1. The van der Waals surface area contributed by atoms with Gasteiger partial charge in [0.15, 0.2) is 0 Å². The quantitative estimate of drug-likeness (QED) is 0.797. The zero-order chi connectivity index (χ0) is 11.3. The number of hydrogen-bond acceptors (Lipinski definition) is 2. The molecular formula is C9H14F3N3. The topological polar surface area (TPSA) is 40.7 Å². The van der Waals surface area contributed by atoms with Crippen molar-refractivity contribution in [3.63, 3.8) is 0 Å². The predicted octanol–water partition coefficient (Wildman–Crippen LogP) is 1.88. The molecular weight excluding hydrogens is 207 g/mol. The van der Waals surface area contributed by atoms with Crippen molar-refractivity contribution in [1.29, 1.82) is 0 Å². The molecule has 0 radical (unpaired) electrons. The highest BCUT2D eigenvalue weighted by atomic mass is 19.4. The van der Waals surface area contributed by atoms with Crippen LogP contribution in [-0.2, 0) is 6.42 Å². The fourth-order valence-corrected chi connectivity index (χ4v) is 1.43. The molecule has 1 rings (SSSR count). The molecule has 0 aliphatic heterocycles. The molecule has 0 amide bonds. The van der Waals surface area contributed by atoms with E-state index in [-0.39, 0.29) is 6.42 Å². The summed E-state index contributed by atoms with van der Waals surface area (Å²) in [6, 6.07) is -0.610. The van der Waals surface area contributed by atoms with E-state index in [1.807, 2.05) is 0 Å². The van der Waals surface area contributed by atoms with Gasteiger partial charge in [-0.2, -0.15) is 13.2 Å². The summed E-state index contributed by atoms with van der Waals surface area (Å²) in [6.07, 6.45) is -1.57. The Morgan fingerprint density at radius 3 is 2.73 bits per heavy atom. The van der Waals surface area contributed by atoms with Crippen molar-refractivity contribution >= 4 is 0 Å². The van der Waals surface area contributed by atoms with Crippen molar-refractivity contribution in [2.24, 2.45) is 0 Å². The third-order valence-electron chi connectivity index (χ3n) is 1.97. The Morgan fingerprint density at radius 2 is 2.27 bits per heavy atom. The minimum Gasteiger partial charge on any atom is -0.349 e. The Morgan fingerprint density at radius 1 is 1.53 bits per heavy atom. The van der Waals surface area contributed by atoms with E-state index in [0.29, 0.717) is 12.4 Å². The second-order valence-corrected chi connectivity index (χ2v) is 3.31. The van der Waals surface area contributed by atoms with Gasteiger partial charge in [-0.3, -0.25) is 0 Å². The van der Waals surface area contributed by atoms with Gasteiger partial charge in [0, 0.05) is 24.9 Å². The molecule has 86 valence electrons. The van der Waals surface area contributed by atoms with E-state index >= 15 is 0 Å². The number of alkyl halides is 3. The van der Waals surface area contributed by atoms with Crippen molar-refractivity contribution in [3.05, 3.63) is 18.2 Å². The fraction of sp³-hybridized carbons (Fsp3) is 0.667. The third kappa shape index (κ3) is 4.83. The molecule has 0 saturated carbocycles. The van der Waals surface area contributed by atoms with E-state index in [1.54, 1.807) is 13.1 Å². The minimum atomic E-state index is -4.14. The Hall–Kier alpha value is -1.04. The molecule has 1 aromatic rings. The number of rotatable bonds is 5. The number of aromatic amines is 1. The molecule has 15 heavy (non-hydrogen) atoms. The first kappa shape index (κ1) is 12.0. The summed E-state index contributed by atoms with van der Waals surface area (Å²) in [5, 5.41) is 2.80. The van der Waals surface area contributed by atoms with E-state index < -0.39 is 18.6 Å². The molecule has 0 bridgehead atoms. The predicted molar refractivity (Wildman–Crippen MR) is 50.4 cm³/mol. The highest BCUT2D eigenvalue weighted by molar-refractivity contribution is 4.91. The molecule has 1 atom stereocenters. The van der Waals surface area contributed by atoms with Crippen molar-refractivity contribution in [3.8, 4) is 0 Å². The van der Waals surface area contributed by atoms with E-state index in [1.165, 1.54) is 6.20 Å². The molecule has 0 saturated heterocycles. The summed E-state index contributed by atoms with van der Waals surface area (Å²) < 4.78 is 36.6. The standard InChI is InChI=1S/C9H14F3N3/c1-2-13-7(6-9(10,11)12)5-8-14-3-4-15-8/h3-4,7,13H,2,5-6H2,1H3,(H,14,15). The smallest absolute Gasteiger partial charge is 0.349 e. The van der Waals surface area contributed by atoms with Crippen LogP contribution in [0.25, 0.3) is 0 Å². The van der Waals surface area contributed by atoms with Gasteiger partial charge in [-0.1, -0.05) is 6.92 Å². The Balaban J connectivity index is 2.51. The van der Waals surface area contributed by atoms with Gasteiger partial charge in [0.25, 0.3) is 0 Å². The van der Waals surface area contributed by atoms with Gasteiger partial charge in [0.05, 0.1) is 6.42 Å². The number of likely N-dealkylation sites (N-methyl/N-ethyl adjacent to an activating group) is 1. The second-order valence-electron chi connectivity index (χ2n) is 3.31. The van der Waals surface area contributed by atoms with Gasteiger partial charge in [0.1, 0.15) is 5.82 Å². The molecule has 0 spiro atoms. The Kier molecular flexibility index (Phi) is 4.14. The average Bonchev–Trinajstić information content (AvgIpc) is 2.54. The van der Waals surface area contributed by atoms with E-state index in [9.17, 15) is 13.2 Å². The first-order chi connectivity index (χ1) is 7.01. The summed E-state index contributed by atoms with van der Waals surface area (Å²) >= 11 is 0. The van der Waals surface area contributed by atoms with E-state index in [0.717, 1.165) is 0 Å². The minimum absolute atomic E-state index is 0.264. The number of hydrogen-bond donors (Lipinski definition) is 2. The summed E-state index contributed by atoms with van der Waals surface area (Å²) in [7, 11) is 0. The Labute approximate surface area is 86.1 Å². The van der Waals surface area contributed by atoms with Gasteiger partial charge in [-0.05, 0) is 6.54 Å². The maximum Gasteiger partial charge on any atom is 0.390 e. The molecule has 0 aliphatic rings. The van der Waals surface area contributed by atoms with Crippen molar-refractivity contribution in [1.82, 2.24) is 15.3 Å². The summed E-state index contributed by atoms with van der Waals surface area (Å²) in [5.74, 6) is 0.574. The number of H-pyrrole nitrogens is 1. The maximum atomic E-state index is 12.2. The molecule has 0 aliphatic carbocycles. The van der Waals surface area contributed by atoms with Crippen LogP contribution in [0.1, 0.15) is 19.2 Å². The van der Waals surface area contributed by atoms with Gasteiger partial charge < -0.3 is 10.3 Å². The van der Waals surface area contributed by atoms with E-state index in [4.69, 9.17) is 0 Å². The molecule has 0 fully saturated rings. The largest absolute Gasteiger partial charge is 0.390 e. The van der Waals surface area contributed by atoms with E-state index in [2.05, 4.69) is 15.3 Å². The number of nitrogens with one attached hydrogen (secondary N) is 2. The van der Waals surface area contributed by atoms with Gasteiger partial charge in [-0.15, -0.1) is 0 Å². The lowest BCUT2D eigenvalue weighted by Crippen LogP contribution is -2.35. The van der Waals surface area contributed by atoms with Crippen LogP contribution in [0.15, 0.2) is 12.4 Å². The SMILES string of the molecule is CCNC(Cc1ncc[nH]1)CC(F)(F)F. The zero-order valence-corrected chi connectivity index (χ0v) is 8.43. The summed E-state index contributed by atoms with van der Waals surface area (Å²) in [6.45, 7) is 2.30. The van der Waals surface area contributed by atoms with Gasteiger partial charge in [-0.25, -0.2) is 4.98 Å². The lowest BCUT2D eigenvalue weighted by atomic mass is 10.1. The molecule has 6 heteroatoms. The first-order valence-corrected chi connectivity index (χ1v) is 4.79. The van der Waals surface area contributed by atoms with Crippen LogP contribution in [0.3, 0.4) is 0 Å². The van der Waals surface area contributed by atoms with Crippen LogP contribution in [0, 0.1) is 0 Å². The molecule has 3 nitrogen and oxygen atoms in total. The number of halogens is 3. The highest BCUT2D eigenvalue weighted by Gasteiger charge is 2.31. The monoisotopic (exact) mass is 221 g/mol. The third-order valence-corrected chi connectivity index (χ3v) is 1.97. The number of aromatic nitrogens is 2. The first-order valence-electron chi connectivity index (χ1n) is 4.79. The van der Waals surface area contributed by atoms with Crippen molar-refractivity contribution < 1.29 is 13.2 Å². The van der Waals surface area contributed by atoms with Crippen molar-refractivity contribution in [2.75, 3.05) is 6.54 Å². The normalized spacial score (nSPS) is 14.1. The fourth-order valence-electron chi connectivity index (χ4n) is 1.43. The maximum absolute atomic E-state index is 12.2. The van der Waals surface area contributed by atoms with Crippen LogP contribution in [0.5, 0.6) is 0 Å². The lowest BCUT2D eigenvalue weighted by Gasteiger charge is -2.18. The molecule has 0 aromatic carbocycles. The van der Waals surface area contributed by atoms with Crippen LogP contribution < -0.4 is 5.32 Å². The van der Waals surface area contributed by atoms with Crippen LogP contribution in [-0.4, -0.2) is 28.7 Å². The second kappa shape index (κ2) is 5.16. The summed E-state index contributed by atoms with van der Waals surface area (Å²) in [5.41, 5.74) is 0. The van der Waals surface area contributed by atoms with Crippen LogP contribution in [0.4, 0.5) is 13.2 Å². The molecule has 2 N–H and O–H groups in total. The van der Waals surface area contributed by atoms with Crippen molar-refractivity contribution in [2.45, 2.75) is 32.0 Å². The lowest BCUT2D eigenvalue weighted by molar-refractivity contribution is -0.139. The van der Waals surface area contributed by atoms with Gasteiger partial charge in [0.2, 0.25) is 0 Å². The highest BCUT2D eigenvalue weighted by Crippen LogP contribution is 2.22. The average molecular weight is 221 g/mol. The zero-order valence-electron chi connectivity index (χ0n) is 8.43. The molecule has 1 unspecified atom stereocenters.